The molecule has 1 aromatic carbocycles. The van der Waals surface area contributed by atoms with Crippen molar-refractivity contribution in [2.45, 2.75) is 38.1 Å². The maximum atomic E-state index is 12.0. The molecule has 0 heterocycles. The van der Waals surface area contributed by atoms with Gasteiger partial charge in [-0.3, -0.25) is 4.79 Å². The summed E-state index contributed by atoms with van der Waals surface area (Å²) in [5.74, 6) is -1.09. The quantitative estimate of drug-likeness (QED) is 0.642. The number of hydrogen-bond acceptors (Lipinski definition) is 3. The maximum Gasteiger partial charge on any atom is 0.341 e. The number of carbonyl (C=O) groups is 2. The van der Waals surface area contributed by atoms with Crippen LogP contribution in [0.15, 0.2) is 12.1 Å². The molecule has 1 amide bonds. The average molecular weight is 365 g/mol. The molecule has 0 radical (unpaired) electrons. The molecular weight excluding hydrogens is 349 g/mol. The number of amides is 1. The topological polar surface area (TPSA) is 55.4 Å². The summed E-state index contributed by atoms with van der Waals surface area (Å²) in [4.78, 5) is 23.8. The highest BCUT2D eigenvalue weighted by Crippen LogP contribution is 2.31. The molecule has 1 aromatic rings. The van der Waals surface area contributed by atoms with E-state index in [2.05, 4.69) is 5.32 Å². The van der Waals surface area contributed by atoms with Crippen LogP contribution < -0.4 is 5.32 Å². The van der Waals surface area contributed by atoms with Gasteiger partial charge in [0.15, 0.2) is 6.61 Å². The molecule has 0 aliphatic heterocycles. The Balaban J connectivity index is 1.90. The fourth-order valence-corrected chi connectivity index (χ4v) is 3.12. The van der Waals surface area contributed by atoms with Crippen LogP contribution in [0.3, 0.4) is 0 Å². The normalized spacial score (nSPS) is 15.4. The van der Waals surface area contributed by atoms with Crippen molar-refractivity contribution in [3.8, 4) is 0 Å². The number of rotatable bonds is 4. The zero-order valence-electron chi connectivity index (χ0n) is 11.8. The van der Waals surface area contributed by atoms with Crippen molar-refractivity contribution in [1.82, 2.24) is 5.32 Å². The lowest BCUT2D eigenvalue weighted by Gasteiger charge is -2.22. The summed E-state index contributed by atoms with van der Waals surface area (Å²) >= 11 is 17.7. The minimum absolute atomic E-state index is 0.0202. The van der Waals surface area contributed by atoms with Gasteiger partial charge in [0, 0.05) is 6.04 Å². The number of benzene rings is 1. The summed E-state index contributed by atoms with van der Waals surface area (Å²) in [5, 5.41) is 3.21. The Morgan fingerprint density at radius 2 is 1.73 bits per heavy atom. The Morgan fingerprint density at radius 1 is 1.09 bits per heavy atom. The van der Waals surface area contributed by atoms with Gasteiger partial charge in [0.2, 0.25) is 0 Å². The van der Waals surface area contributed by atoms with Crippen LogP contribution in [0.5, 0.6) is 0 Å². The molecule has 1 saturated carbocycles. The number of esters is 1. The van der Waals surface area contributed by atoms with E-state index in [0.717, 1.165) is 25.7 Å². The first-order valence-electron chi connectivity index (χ1n) is 7.09. The molecule has 0 saturated heterocycles. The van der Waals surface area contributed by atoms with Gasteiger partial charge in [0.1, 0.15) is 0 Å². The second kappa shape index (κ2) is 8.04. The first kappa shape index (κ1) is 17.4. The zero-order chi connectivity index (χ0) is 16.1. The van der Waals surface area contributed by atoms with Gasteiger partial charge in [0.25, 0.3) is 5.91 Å². The van der Waals surface area contributed by atoms with Crippen LogP contribution in [-0.4, -0.2) is 24.5 Å². The van der Waals surface area contributed by atoms with E-state index in [1.54, 1.807) is 0 Å². The predicted octanol–water partition coefficient (Wildman–Crippen LogP) is 4.25. The van der Waals surface area contributed by atoms with Crippen molar-refractivity contribution in [1.29, 1.82) is 0 Å². The number of hydrogen-bond donors (Lipinski definition) is 1. The van der Waals surface area contributed by atoms with Gasteiger partial charge in [-0.25, -0.2) is 4.79 Å². The molecule has 120 valence electrons. The van der Waals surface area contributed by atoms with Crippen LogP contribution >= 0.6 is 34.8 Å². The van der Waals surface area contributed by atoms with Gasteiger partial charge >= 0.3 is 5.97 Å². The summed E-state index contributed by atoms with van der Waals surface area (Å²) < 4.78 is 4.97. The SMILES string of the molecule is O=C(COC(=O)c1c(Cl)ccc(Cl)c1Cl)NC1CCCCC1. The fraction of sp³-hybridized carbons (Fsp3) is 0.467. The summed E-state index contributed by atoms with van der Waals surface area (Å²) in [6.45, 7) is -0.367. The highest BCUT2D eigenvalue weighted by Gasteiger charge is 2.21. The molecule has 7 heteroatoms. The van der Waals surface area contributed by atoms with Crippen molar-refractivity contribution in [2.75, 3.05) is 6.61 Å². The molecule has 4 nitrogen and oxygen atoms in total. The van der Waals surface area contributed by atoms with E-state index in [1.165, 1.54) is 18.6 Å². The van der Waals surface area contributed by atoms with E-state index >= 15 is 0 Å². The van der Waals surface area contributed by atoms with Crippen molar-refractivity contribution < 1.29 is 14.3 Å². The lowest BCUT2D eigenvalue weighted by molar-refractivity contribution is -0.125. The van der Waals surface area contributed by atoms with Crippen LogP contribution in [0.1, 0.15) is 42.5 Å². The molecule has 22 heavy (non-hydrogen) atoms. The highest BCUT2D eigenvalue weighted by molar-refractivity contribution is 6.46. The van der Waals surface area contributed by atoms with E-state index < -0.39 is 5.97 Å². The third-order valence-electron chi connectivity index (χ3n) is 3.55. The van der Waals surface area contributed by atoms with Crippen LogP contribution in [0.4, 0.5) is 0 Å². The smallest absolute Gasteiger partial charge is 0.341 e. The van der Waals surface area contributed by atoms with Crippen molar-refractivity contribution in [2.24, 2.45) is 0 Å². The highest BCUT2D eigenvalue weighted by atomic mass is 35.5. The molecule has 0 atom stereocenters. The zero-order valence-corrected chi connectivity index (χ0v) is 14.1. The van der Waals surface area contributed by atoms with Gasteiger partial charge in [-0.1, -0.05) is 54.1 Å². The van der Waals surface area contributed by atoms with E-state index in [4.69, 9.17) is 39.5 Å². The van der Waals surface area contributed by atoms with Crippen LogP contribution in [0.2, 0.25) is 15.1 Å². The molecular formula is C15H16Cl3NO3. The lowest BCUT2D eigenvalue weighted by atomic mass is 9.95. The second-order valence-corrected chi connectivity index (χ2v) is 6.39. The van der Waals surface area contributed by atoms with Gasteiger partial charge in [-0.15, -0.1) is 0 Å². The molecule has 1 aliphatic rings. The summed E-state index contributed by atoms with van der Waals surface area (Å²) in [5.41, 5.74) is -0.0266. The molecule has 0 aromatic heterocycles. The first-order valence-corrected chi connectivity index (χ1v) is 8.22. The Morgan fingerprint density at radius 3 is 2.41 bits per heavy atom. The molecule has 0 unspecified atom stereocenters. The van der Waals surface area contributed by atoms with Gasteiger partial charge in [0.05, 0.1) is 20.6 Å². The minimum Gasteiger partial charge on any atom is -0.452 e. The fourth-order valence-electron chi connectivity index (χ4n) is 2.43. The number of ether oxygens (including phenoxy) is 1. The van der Waals surface area contributed by atoms with Crippen molar-refractivity contribution in [3.63, 3.8) is 0 Å². The van der Waals surface area contributed by atoms with Gasteiger partial charge in [-0.05, 0) is 25.0 Å². The summed E-state index contributed by atoms with van der Waals surface area (Å²) in [7, 11) is 0. The van der Waals surface area contributed by atoms with Crippen LogP contribution in [0.25, 0.3) is 0 Å². The molecule has 1 aliphatic carbocycles. The van der Waals surface area contributed by atoms with Crippen molar-refractivity contribution >= 4 is 46.7 Å². The van der Waals surface area contributed by atoms with E-state index in [9.17, 15) is 9.59 Å². The van der Waals surface area contributed by atoms with Gasteiger partial charge < -0.3 is 10.1 Å². The summed E-state index contributed by atoms with van der Waals surface area (Å²) in [6, 6.07) is 3.10. The molecule has 0 spiro atoms. The average Bonchev–Trinajstić information content (AvgIpc) is 2.50. The lowest BCUT2D eigenvalue weighted by Crippen LogP contribution is -2.38. The molecule has 2 rings (SSSR count). The second-order valence-electron chi connectivity index (χ2n) is 5.20. The molecule has 1 fully saturated rings. The van der Waals surface area contributed by atoms with E-state index in [1.807, 2.05) is 0 Å². The van der Waals surface area contributed by atoms with Gasteiger partial charge in [-0.2, -0.15) is 0 Å². The Hall–Kier alpha value is -0.970. The Labute approximate surface area is 144 Å². The third-order valence-corrected chi connectivity index (χ3v) is 4.67. The number of nitrogens with one attached hydrogen (secondary N) is 1. The molecule has 1 N–H and O–H groups in total. The largest absolute Gasteiger partial charge is 0.452 e. The summed E-state index contributed by atoms with van der Waals surface area (Å²) in [6.07, 6.45) is 5.35. The first-order chi connectivity index (χ1) is 10.5. The third kappa shape index (κ3) is 4.51. The Bertz CT molecular complexity index is 571. The van der Waals surface area contributed by atoms with E-state index in [-0.39, 0.29) is 39.2 Å². The maximum absolute atomic E-state index is 12.0. The standard InChI is InChI=1S/C15H16Cl3NO3/c16-10-6-7-11(17)14(18)13(10)15(21)22-8-12(20)19-9-4-2-1-3-5-9/h6-7,9H,1-5,8H2,(H,19,20). The number of halogens is 3. The number of carbonyl (C=O) groups excluding carboxylic acids is 2. The predicted molar refractivity (Wildman–Crippen MR) is 86.8 cm³/mol. The Kier molecular flexibility index (Phi) is 6.36. The van der Waals surface area contributed by atoms with Crippen LogP contribution in [-0.2, 0) is 9.53 Å². The van der Waals surface area contributed by atoms with Crippen molar-refractivity contribution in [3.05, 3.63) is 32.8 Å². The van der Waals surface area contributed by atoms with Crippen LogP contribution in [0, 0.1) is 0 Å². The minimum atomic E-state index is -0.767. The monoisotopic (exact) mass is 363 g/mol. The molecule has 0 bridgehead atoms. The van der Waals surface area contributed by atoms with E-state index in [0.29, 0.717) is 0 Å².